The molecule has 2 amide bonds. The molecule has 0 radical (unpaired) electrons. The average Bonchev–Trinajstić information content (AvgIpc) is 3.10. The van der Waals surface area contributed by atoms with Crippen LogP contribution in [0.2, 0.25) is 0 Å². The molecular formula is C14H19N3O4S. The third-order valence-corrected chi connectivity index (χ3v) is 6.09. The lowest BCUT2D eigenvalue weighted by molar-refractivity contribution is -0.135. The minimum atomic E-state index is -3.24. The molecule has 0 unspecified atom stereocenters. The fourth-order valence-electron chi connectivity index (χ4n) is 3.34. The van der Waals surface area contributed by atoms with Gasteiger partial charge in [-0.25, -0.2) is 8.42 Å². The monoisotopic (exact) mass is 325 g/mol. The molecule has 3 rings (SSSR count). The number of rotatable bonds is 2. The van der Waals surface area contributed by atoms with Crippen molar-refractivity contribution >= 4 is 21.7 Å². The van der Waals surface area contributed by atoms with Crippen LogP contribution in [-0.2, 0) is 14.6 Å². The van der Waals surface area contributed by atoms with Crippen LogP contribution in [0, 0.1) is 0 Å². The number of carbonyl (C=O) groups is 2. The summed E-state index contributed by atoms with van der Waals surface area (Å²) in [5.74, 6) is -0.394. The maximum absolute atomic E-state index is 12.6. The molecule has 1 aromatic heterocycles. The highest BCUT2D eigenvalue weighted by Gasteiger charge is 2.49. The Labute approximate surface area is 129 Å². The SMILES string of the molecule is CCC(=O)N1CCN(C(=O)c2ccc[nH]2)[C@@H]2CS(=O)(=O)C[C@@H]21. The number of hydrogen-bond acceptors (Lipinski definition) is 4. The summed E-state index contributed by atoms with van der Waals surface area (Å²) in [7, 11) is -3.24. The zero-order chi connectivity index (χ0) is 15.9. The maximum Gasteiger partial charge on any atom is 0.270 e. The van der Waals surface area contributed by atoms with Crippen molar-refractivity contribution in [3.63, 3.8) is 0 Å². The van der Waals surface area contributed by atoms with Crippen molar-refractivity contribution in [3.05, 3.63) is 24.0 Å². The molecule has 2 aliphatic heterocycles. The van der Waals surface area contributed by atoms with E-state index in [1.54, 1.807) is 35.1 Å². The zero-order valence-electron chi connectivity index (χ0n) is 12.4. The average molecular weight is 325 g/mol. The lowest BCUT2D eigenvalue weighted by Crippen LogP contribution is -2.61. The largest absolute Gasteiger partial charge is 0.357 e. The van der Waals surface area contributed by atoms with Gasteiger partial charge >= 0.3 is 0 Å². The first-order valence-electron chi connectivity index (χ1n) is 7.37. The third kappa shape index (κ3) is 2.51. The van der Waals surface area contributed by atoms with Crippen molar-refractivity contribution in [2.45, 2.75) is 25.4 Å². The second-order valence-corrected chi connectivity index (χ2v) is 7.89. The Morgan fingerprint density at radius 3 is 2.45 bits per heavy atom. The number of hydrogen-bond donors (Lipinski definition) is 1. The normalized spacial score (nSPS) is 26.8. The number of amides is 2. The summed E-state index contributed by atoms with van der Waals surface area (Å²) >= 11 is 0. The fraction of sp³-hybridized carbons (Fsp3) is 0.571. The summed E-state index contributed by atoms with van der Waals surface area (Å²) in [6.07, 6.45) is 2.00. The number of fused-ring (bicyclic) bond motifs is 1. The Hall–Kier alpha value is -1.83. The molecule has 120 valence electrons. The van der Waals surface area contributed by atoms with Gasteiger partial charge in [-0.1, -0.05) is 6.92 Å². The van der Waals surface area contributed by atoms with Crippen LogP contribution in [0.4, 0.5) is 0 Å². The number of piperazine rings is 1. The second kappa shape index (κ2) is 5.42. The predicted octanol–water partition coefficient (Wildman–Crippen LogP) is -0.125. The van der Waals surface area contributed by atoms with E-state index in [1.807, 2.05) is 0 Å². The van der Waals surface area contributed by atoms with E-state index < -0.39 is 21.9 Å². The molecule has 2 fully saturated rings. The van der Waals surface area contributed by atoms with E-state index in [0.717, 1.165) is 0 Å². The van der Waals surface area contributed by atoms with E-state index >= 15 is 0 Å². The smallest absolute Gasteiger partial charge is 0.270 e. The number of aromatic nitrogens is 1. The van der Waals surface area contributed by atoms with Crippen LogP contribution in [0.3, 0.4) is 0 Å². The Bertz CT molecular complexity index is 683. The predicted molar refractivity (Wildman–Crippen MR) is 80.1 cm³/mol. The summed E-state index contributed by atoms with van der Waals surface area (Å²) in [6.45, 7) is 2.51. The highest BCUT2D eigenvalue weighted by molar-refractivity contribution is 7.91. The molecule has 2 atom stereocenters. The molecular weight excluding hydrogens is 306 g/mol. The molecule has 7 nitrogen and oxygen atoms in total. The van der Waals surface area contributed by atoms with Gasteiger partial charge in [-0.05, 0) is 12.1 Å². The number of sulfone groups is 1. The summed E-state index contributed by atoms with van der Waals surface area (Å²) in [4.78, 5) is 30.7. The molecule has 0 bridgehead atoms. The van der Waals surface area contributed by atoms with Crippen molar-refractivity contribution in [1.29, 1.82) is 0 Å². The minimum Gasteiger partial charge on any atom is -0.357 e. The van der Waals surface area contributed by atoms with E-state index in [4.69, 9.17) is 0 Å². The van der Waals surface area contributed by atoms with Crippen molar-refractivity contribution < 1.29 is 18.0 Å². The summed E-state index contributed by atoms with van der Waals surface area (Å²) < 4.78 is 24.0. The quantitative estimate of drug-likeness (QED) is 0.820. The highest BCUT2D eigenvalue weighted by atomic mass is 32.2. The van der Waals surface area contributed by atoms with Gasteiger partial charge in [0.1, 0.15) is 5.69 Å². The van der Waals surface area contributed by atoms with Crippen molar-refractivity contribution in [1.82, 2.24) is 14.8 Å². The molecule has 3 heterocycles. The molecule has 2 saturated heterocycles. The van der Waals surface area contributed by atoms with Gasteiger partial charge < -0.3 is 14.8 Å². The van der Waals surface area contributed by atoms with E-state index in [1.165, 1.54) is 0 Å². The van der Waals surface area contributed by atoms with Gasteiger partial charge in [-0.2, -0.15) is 0 Å². The first-order valence-corrected chi connectivity index (χ1v) is 9.19. The summed E-state index contributed by atoms with van der Waals surface area (Å²) in [5.41, 5.74) is 0.443. The molecule has 0 aromatic carbocycles. The number of carbonyl (C=O) groups excluding carboxylic acids is 2. The van der Waals surface area contributed by atoms with Crippen LogP contribution in [0.25, 0.3) is 0 Å². The first kappa shape index (κ1) is 15.1. The van der Waals surface area contributed by atoms with E-state index in [2.05, 4.69) is 4.98 Å². The van der Waals surface area contributed by atoms with Crippen molar-refractivity contribution in [2.75, 3.05) is 24.6 Å². The molecule has 1 aromatic rings. The van der Waals surface area contributed by atoms with Gasteiger partial charge in [0.25, 0.3) is 5.91 Å². The Kier molecular flexibility index (Phi) is 3.72. The lowest BCUT2D eigenvalue weighted by Gasteiger charge is -2.43. The van der Waals surface area contributed by atoms with Crippen LogP contribution in [-0.4, -0.2) is 71.7 Å². The fourth-order valence-corrected chi connectivity index (χ4v) is 5.32. The molecule has 2 aliphatic rings. The number of nitrogens with one attached hydrogen (secondary N) is 1. The molecule has 1 N–H and O–H groups in total. The van der Waals surface area contributed by atoms with Gasteiger partial charge in [0.05, 0.1) is 23.6 Å². The van der Waals surface area contributed by atoms with E-state index in [-0.39, 0.29) is 23.3 Å². The van der Waals surface area contributed by atoms with Crippen LogP contribution >= 0.6 is 0 Å². The van der Waals surface area contributed by atoms with Crippen LogP contribution < -0.4 is 0 Å². The molecule has 0 aliphatic carbocycles. The van der Waals surface area contributed by atoms with Gasteiger partial charge in [-0.3, -0.25) is 9.59 Å². The Morgan fingerprint density at radius 2 is 1.86 bits per heavy atom. The Morgan fingerprint density at radius 1 is 1.23 bits per heavy atom. The molecule has 22 heavy (non-hydrogen) atoms. The van der Waals surface area contributed by atoms with Crippen LogP contribution in [0.15, 0.2) is 18.3 Å². The zero-order valence-corrected chi connectivity index (χ0v) is 13.2. The van der Waals surface area contributed by atoms with Crippen LogP contribution in [0.1, 0.15) is 23.8 Å². The topological polar surface area (TPSA) is 90.6 Å². The number of H-pyrrole nitrogens is 1. The molecule has 0 spiro atoms. The van der Waals surface area contributed by atoms with Gasteiger partial charge in [0, 0.05) is 25.7 Å². The lowest BCUT2D eigenvalue weighted by atomic mass is 10.0. The standard InChI is InChI=1S/C14H19N3O4S/c1-2-13(18)16-6-7-17(14(19)10-4-3-5-15-10)12-9-22(20,21)8-11(12)16/h3-5,11-12,15H,2,6-9H2,1H3/t11-,12+/m0/s1. The summed E-state index contributed by atoms with van der Waals surface area (Å²) in [5, 5.41) is 0. The van der Waals surface area contributed by atoms with E-state index in [9.17, 15) is 18.0 Å². The third-order valence-electron chi connectivity index (χ3n) is 4.39. The summed E-state index contributed by atoms with van der Waals surface area (Å²) in [6, 6.07) is 2.52. The highest BCUT2D eigenvalue weighted by Crippen LogP contribution is 2.28. The molecule has 0 saturated carbocycles. The van der Waals surface area contributed by atoms with Gasteiger partial charge in [-0.15, -0.1) is 0 Å². The number of aromatic amines is 1. The van der Waals surface area contributed by atoms with Crippen LogP contribution in [0.5, 0.6) is 0 Å². The van der Waals surface area contributed by atoms with Gasteiger partial charge in [0.15, 0.2) is 9.84 Å². The van der Waals surface area contributed by atoms with Crippen molar-refractivity contribution in [2.24, 2.45) is 0 Å². The maximum atomic E-state index is 12.6. The molecule has 8 heteroatoms. The van der Waals surface area contributed by atoms with Crippen molar-refractivity contribution in [3.8, 4) is 0 Å². The minimum absolute atomic E-state index is 0.0564. The second-order valence-electron chi connectivity index (χ2n) is 5.73. The van der Waals surface area contributed by atoms with Gasteiger partial charge in [0.2, 0.25) is 5.91 Å². The Balaban J connectivity index is 1.90. The van der Waals surface area contributed by atoms with E-state index in [0.29, 0.717) is 25.2 Å². The number of nitrogens with zero attached hydrogens (tertiary/aromatic N) is 2. The first-order chi connectivity index (χ1) is 10.4.